The molecule has 5 rings (SSSR count). The van der Waals surface area contributed by atoms with Crippen molar-refractivity contribution in [1.29, 1.82) is 0 Å². The maximum atomic E-state index is 4.87. The van der Waals surface area contributed by atoms with Gasteiger partial charge in [0.15, 0.2) is 0 Å². The molecule has 0 aliphatic rings. The van der Waals surface area contributed by atoms with E-state index < -0.39 is 0 Å². The molecule has 2 aromatic carbocycles. The van der Waals surface area contributed by atoms with Gasteiger partial charge in [-0.25, -0.2) is 15.0 Å². The number of aromatic nitrogens is 4. The number of rotatable bonds is 2. The highest BCUT2D eigenvalue weighted by Crippen LogP contribution is 2.33. The zero-order valence-electron chi connectivity index (χ0n) is 16.8. The summed E-state index contributed by atoms with van der Waals surface area (Å²) in [6.45, 7) is 6.48. The van der Waals surface area contributed by atoms with E-state index >= 15 is 0 Å². The first-order valence-electron chi connectivity index (χ1n) is 9.80. The highest BCUT2D eigenvalue weighted by atomic mass is 15.0. The van der Waals surface area contributed by atoms with Crippen molar-refractivity contribution in [2.24, 2.45) is 0 Å². The first-order chi connectivity index (χ1) is 14.0. The zero-order valence-corrected chi connectivity index (χ0v) is 16.8. The average Bonchev–Trinajstić information content (AvgIpc) is 3.07. The first kappa shape index (κ1) is 17.6. The van der Waals surface area contributed by atoms with Gasteiger partial charge < -0.3 is 0 Å². The van der Waals surface area contributed by atoms with Crippen LogP contribution in [0.4, 0.5) is 0 Å². The molecule has 0 spiro atoms. The predicted molar refractivity (Wildman–Crippen MR) is 118 cm³/mol. The third-order valence-corrected chi connectivity index (χ3v) is 5.26. The van der Waals surface area contributed by atoms with Crippen LogP contribution in [0.25, 0.3) is 38.9 Å². The van der Waals surface area contributed by atoms with Crippen molar-refractivity contribution >= 4 is 21.9 Å². The van der Waals surface area contributed by atoms with Crippen molar-refractivity contribution < 1.29 is 0 Å². The van der Waals surface area contributed by atoms with Crippen molar-refractivity contribution in [3.05, 3.63) is 84.9 Å². The van der Waals surface area contributed by atoms with Crippen LogP contribution in [0.1, 0.15) is 26.5 Å². The predicted octanol–water partition coefficient (Wildman–Crippen LogP) is 5.93. The Kier molecular flexibility index (Phi) is 3.95. The molecular formula is C25H22N4. The van der Waals surface area contributed by atoms with Crippen molar-refractivity contribution in [1.82, 2.24) is 19.5 Å². The lowest BCUT2D eigenvalue weighted by atomic mass is 9.91. The van der Waals surface area contributed by atoms with Gasteiger partial charge in [-0.3, -0.25) is 4.57 Å². The lowest BCUT2D eigenvalue weighted by Gasteiger charge is -2.17. The summed E-state index contributed by atoms with van der Waals surface area (Å²) in [5, 5.41) is 2.31. The molecule has 0 N–H and O–H groups in total. The van der Waals surface area contributed by atoms with Crippen molar-refractivity contribution in [2.45, 2.75) is 26.2 Å². The van der Waals surface area contributed by atoms with Crippen LogP contribution in [-0.2, 0) is 5.41 Å². The molecular weight excluding hydrogens is 356 g/mol. The third-order valence-electron chi connectivity index (χ3n) is 5.26. The van der Waals surface area contributed by atoms with Crippen LogP contribution in [-0.4, -0.2) is 19.5 Å². The van der Waals surface area contributed by atoms with Gasteiger partial charge >= 0.3 is 0 Å². The lowest BCUT2D eigenvalue weighted by Crippen LogP contribution is -2.13. The van der Waals surface area contributed by atoms with Gasteiger partial charge in [0.25, 0.3) is 0 Å². The molecule has 0 saturated heterocycles. The average molecular weight is 378 g/mol. The number of hydrogen-bond acceptors (Lipinski definition) is 3. The first-order valence-corrected chi connectivity index (χ1v) is 9.80. The van der Waals surface area contributed by atoms with Gasteiger partial charge in [0, 0.05) is 39.3 Å². The SMILES string of the molecule is CC(C)(C)c1cc(-c2cnc3c(c2)c2ccccc2n3-c2ccccc2)ncn1. The Hall–Kier alpha value is -3.53. The van der Waals surface area contributed by atoms with E-state index in [1.165, 1.54) is 5.39 Å². The summed E-state index contributed by atoms with van der Waals surface area (Å²) in [5.74, 6) is 0. The fourth-order valence-electron chi connectivity index (χ4n) is 3.75. The Morgan fingerprint density at radius 2 is 1.52 bits per heavy atom. The van der Waals surface area contributed by atoms with Gasteiger partial charge in [-0.1, -0.05) is 57.2 Å². The molecule has 0 aliphatic carbocycles. The molecule has 3 heterocycles. The molecule has 0 unspecified atom stereocenters. The molecule has 4 heteroatoms. The van der Waals surface area contributed by atoms with Crippen molar-refractivity contribution in [2.75, 3.05) is 0 Å². The largest absolute Gasteiger partial charge is 0.294 e. The van der Waals surface area contributed by atoms with Gasteiger partial charge in [-0.2, -0.15) is 0 Å². The Labute approximate surface area is 169 Å². The lowest BCUT2D eigenvalue weighted by molar-refractivity contribution is 0.567. The van der Waals surface area contributed by atoms with E-state index in [4.69, 9.17) is 4.98 Å². The summed E-state index contributed by atoms with van der Waals surface area (Å²) in [5.41, 5.74) is 6.10. The second kappa shape index (κ2) is 6.52. The number of pyridine rings is 1. The summed E-state index contributed by atoms with van der Waals surface area (Å²) in [6.07, 6.45) is 3.56. The molecule has 0 aliphatic heterocycles. The van der Waals surface area contributed by atoms with E-state index in [0.29, 0.717) is 0 Å². The smallest absolute Gasteiger partial charge is 0.145 e. The van der Waals surface area contributed by atoms with E-state index in [9.17, 15) is 0 Å². The van der Waals surface area contributed by atoms with Crippen LogP contribution in [0.15, 0.2) is 79.3 Å². The third kappa shape index (κ3) is 2.97. The molecule has 0 bridgehead atoms. The summed E-state index contributed by atoms with van der Waals surface area (Å²) in [6, 6.07) is 23.1. The maximum Gasteiger partial charge on any atom is 0.145 e. The summed E-state index contributed by atoms with van der Waals surface area (Å²) >= 11 is 0. The monoisotopic (exact) mass is 378 g/mol. The molecule has 0 radical (unpaired) electrons. The molecule has 3 aromatic heterocycles. The van der Waals surface area contributed by atoms with E-state index in [1.54, 1.807) is 6.33 Å². The van der Waals surface area contributed by atoms with Gasteiger partial charge in [0.05, 0.1) is 11.2 Å². The minimum Gasteiger partial charge on any atom is -0.294 e. The quantitative estimate of drug-likeness (QED) is 0.382. The highest BCUT2D eigenvalue weighted by Gasteiger charge is 2.18. The van der Waals surface area contributed by atoms with Gasteiger partial charge in [-0.05, 0) is 30.3 Å². The van der Waals surface area contributed by atoms with Crippen LogP contribution in [0, 0.1) is 0 Å². The molecule has 0 amide bonds. The molecule has 5 aromatic rings. The molecule has 0 fully saturated rings. The highest BCUT2D eigenvalue weighted by molar-refractivity contribution is 6.08. The fourth-order valence-corrected chi connectivity index (χ4v) is 3.75. The Balaban J connectivity index is 1.76. The van der Waals surface area contributed by atoms with E-state index in [1.807, 2.05) is 12.3 Å². The minimum atomic E-state index is -0.0292. The van der Waals surface area contributed by atoms with Crippen LogP contribution in [0.5, 0.6) is 0 Å². The van der Waals surface area contributed by atoms with Crippen LogP contribution in [0.2, 0.25) is 0 Å². The Bertz CT molecular complexity index is 1330. The van der Waals surface area contributed by atoms with E-state index in [2.05, 4.69) is 96.0 Å². The molecule has 29 heavy (non-hydrogen) atoms. The Morgan fingerprint density at radius 3 is 2.31 bits per heavy atom. The van der Waals surface area contributed by atoms with Crippen LogP contribution in [0.3, 0.4) is 0 Å². The van der Waals surface area contributed by atoms with E-state index in [0.717, 1.165) is 39.2 Å². The van der Waals surface area contributed by atoms with Gasteiger partial charge in [0.1, 0.15) is 12.0 Å². The number of hydrogen-bond donors (Lipinski definition) is 0. The Morgan fingerprint density at radius 1 is 0.759 bits per heavy atom. The summed E-state index contributed by atoms with van der Waals surface area (Å²) < 4.78 is 2.22. The zero-order chi connectivity index (χ0) is 20.0. The maximum absolute atomic E-state index is 4.87. The fraction of sp³-hybridized carbons (Fsp3) is 0.160. The molecule has 142 valence electrons. The second-order valence-electron chi connectivity index (χ2n) is 8.32. The number of benzene rings is 2. The summed E-state index contributed by atoms with van der Waals surface area (Å²) in [7, 11) is 0. The topological polar surface area (TPSA) is 43.6 Å². The minimum absolute atomic E-state index is 0.0292. The second-order valence-corrected chi connectivity index (χ2v) is 8.32. The van der Waals surface area contributed by atoms with Crippen molar-refractivity contribution in [3.8, 4) is 16.9 Å². The van der Waals surface area contributed by atoms with Crippen LogP contribution < -0.4 is 0 Å². The normalized spacial score (nSPS) is 12.0. The standard InChI is InChI=1S/C25H22N4/c1-25(2,3)23-14-21(27-16-28-23)17-13-20-19-11-7-8-12-22(19)29(24(20)26-15-17)18-9-5-4-6-10-18/h4-16H,1-3H3. The van der Waals surface area contributed by atoms with Crippen molar-refractivity contribution in [3.63, 3.8) is 0 Å². The van der Waals surface area contributed by atoms with E-state index in [-0.39, 0.29) is 5.41 Å². The number of nitrogens with zero attached hydrogens (tertiary/aromatic N) is 4. The van der Waals surface area contributed by atoms with Gasteiger partial charge in [-0.15, -0.1) is 0 Å². The molecule has 0 saturated carbocycles. The van der Waals surface area contributed by atoms with Gasteiger partial charge in [0.2, 0.25) is 0 Å². The number of para-hydroxylation sites is 2. The molecule has 4 nitrogen and oxygen atoms in total. The number of fused-ring (bicyclic) bond motifs is 3. The van der Waals surface area contributed by atoms with Crippen LogP contribution >= 0.6 is 0 Å². The molecule has 0 atom stereocenters. The summed E-state index contributed by atoms with van der Waals surface area (Å²) in [4.78, 5) is 13.8.